The lowest BCUT2D eigenvalue weighted by molar-refractivity contribution is 0.00696. The van der Waals surface area contributed by atoms with Crippen LogP contribution in [0, 0.1) is 0 Å². The minimum Gasteiger partial charge on any atom is -0.379 e. The summed E-state index contributed by atoms with van der Waals surface area (Å²) in [5.41, 5.74) is 0.00282. The van der Waals surface area contributed by atoms with Crippen LogP contribution in [0.15, 0.2) is 0 Å². The predicted octanol–water partition coefficient (Wildman–Crippen LogP) is 2.19. The molecule has 0 fully saturated rings. The second kappa shape index (κ2) is 5.55. The third-order valence-corrected chi connectivity index (χ3v) is 2.34. The van der Waals surface area contributed by atoms with Gasteiger partial charge in [0.15, 0.2) is 0 Å². The maximum atomic E-state index is 5.38. The first-order valence-corrected chi connectivity index (χ1v) is 4.78. The molecule has 0 aromatic carbocycles. The Morgan fingerprint density at radius 3 is 2.33 bits per heavy atom. The number of rotatable bonds is 6. The van der Waals surface area contributed by atoms with Crippen molar-refractivity contribution in [2.75, 3.05) is 14.2 Å². The normalized spacial score (nSPS) is 14.8. The molecule has 12 heavy (non-hydrogen) atoms. The summed E-state index contributed by atoms with van der Waals surface area (Å²) in [6, 6.07) is 0.588. The zero-order chi connectivity index (χ0) is 9.61. The minimum absolute atomic E-state index is 0.00282. The lowest BCUT2D eigenvalue weighted by Gasteiger charge is -2.28. The molecule has 2 nitrogen and oxygen atoms in total. The molecule has 0 amide bonds. The van der Waals surface area contributed by atoms with Crippen molar-refractivity contribution in [2.24, 2.45) is 0 Å². The van der Waals surface area contributed by atoms with Crippen LogP contribution in [0.5, 0.6) is 0 Å². The summed E-state index contributed by atoms with van der Waals surface area (Å²) in [5, 5.41) is 3.31. The van der Waals surface area contributed by atoms with Gasteiger partial charge in [0.1, 0.15) is 0 Å². The molecule has 0 aromatic heterocycles. The maximum Gasteiger partial charge on any atom is 0.0637 e. The topological polar surface area (TPSA) is 21.3 Å². The van der Waals surface area contributed by atoms with Crippen LogP contribution >= 0.6 is 0 Å². The van der Waals surface area contributed by atoms with Crippen LogP contribution in [0.2, 0.25) is 0 Å². The van der Waals surface area contributed by atoms with E-state index in [1.54, 1.807) is 7.11 Å². The van der Waals surface area contributed by atoms with Gasteiger partial charge < -0.3 is 10.1 Å². The first kappa shape index (κ1) is 11.9. The molecule has 1 unspecified atom stereocenters. The van der Waals surface area contributed by atoms with Gasteiger partial charge in [-0.05, 0) is 33.7 Å². The molecule has 0 saturated carbocycles. The summed E-state index contributed by atoms with van der Waals surface area (Å²) in [4.78, 5) is 0. The van der Waals surface area contributed by atoms with Gasteiger partial charge in [0.2, 0.25) is 0 Å². The van der Waals surface area contributed by atoms with Crippen LogP contribution in [0.3, 0.4) is 0 Å². The lowest BCUT2D eigenvalue weighted by atomic mass is 9.96. The molecule has 0 spiro atoms. The zero-order valence-electron chi connectivity index (χ0n) is 9.11. The molecular weight excluding hydrogens is 150 g/mol. The van der Waals surface area contributed by atoms with Gasteiger partial charge in [-0.2, -0.15) is 0 Å². The van der Waals surface area contributed by atoms with Crippen LogP contribution in [0.25, 0.3) is 0 Å². The molecule has 0 aliphatic carbocycles. The highest BCUT2D eigenvalue weighted by Crippen LogP contribution is 2.17. The van der Waals surface area contributed by atoms with Crippen molar-refractivity contribution in [3.63, 3.8) is 0 Å². The predicted molar refractivity (Wildman–Crippen MR) is 53.5 cm³/mol. The molecular formula is C10H23NO. The molecule has 0 aromatic rings. The highest BCUT2D eigenvalue weighted by Gasteiger charge is 2.20. The first-order valence-electron chi connectivity index (χ1n) is 4.78. The van der Waals surface area contributed by atoms with E-state index in [9.17, 15) is 0 Å². The van der Waals surface area contributed by atoms with E-state index in [2.05, 4.69) is 26.1 Å². The minimum atomic E-state index is 0.00282. The largest absolute Gasteiger partial charge is 0.379 e. The van der Waals surface area contributed by atoms with Crippen LogP contribution < -0.4 is 5.32 Å². The summed E-state index contributed by atoms with van der Waals surface area (Å²) in [5.74, 6) is 0. The Morgan fingerprint density at radius 2 is 2.00 bits per heavy atom. The Hall–Kier alpha value is -0.0800. The van der Waals surface area contributed by atoms with Gasteiger partial charge in [0.05, 0.1) is 5.60 Å². The molecule has 0 aliphatic heterocycles. The van der Waals surface area contributed by atoms with Gasteiger partial charge in [-0.1, -0.05) is 13.3 Å². The molecule has 2 heteroatoms. The van der Waals surface area contributed by atoms with E-state index in [4.69, 9.17) is 4.74 Å². The van der Waals surface area contributed by atoms with Gasteiger partial charge >= 0.3 is 0 Å². The fourth-order valence-electron chi connectivity index (χ4n) is 1.37. The standard InChI is InChI=1S/C10H23NO/c1-6-7-9(11-4)8-10(2,3)12-5/h9,11H,6-8H2,1-5H3. The van der Waals surface area contributed by atoms with E-state index < -0.39 is 0 Å². The third kappa shape index (κ3) is 4.73. The molecule has 0 radical (unpaired) electrons. The first-order chi connectivity index (χ1) is 5.55. The van der Waals surface area contributed by atoms with Gasteiger partial charge in [-0.3, -0.25) is 0 Å². The van der Waals surface area contributed by atoms with Gasteiger partial charge in [0, 0.05) is 13.2 Å². The summed E-state index contributed by atoms with van der Waals surface area (Å²) in [7, 11) is 3.80. The van der Waals surface area contributed by atoms with Crippen molar-refractivity contribution >= 4 is 0 Å². The van der Waals surface area contributed by atoms with Crippen LogP contribution in [0.1, 0.15) is 40.0 Å². The third-order valence-electron chi connectivity index (χ3n) is 2.34. The van der Waals surface area contributed by atoms with Crippen molar-refractivity contribution in [2.45, 2.75) is 51.7 Å². The van der Waals surface area contributed by atoms with Crippen molar-refractivity contribution in [3.8, 4) is 0 Å². The Labute approximate surface area is 76.7 Å². The average molecular weight is 173 g/mol. The van der Waals surface area contributed by atoms with E-state index in [1.165, 1.54) is 12.8 Å². The number of nitrogens with one attached hydrogen (secondary N) is 1. The fourth-order valence-corrected chi connectivity index (χ4v) is 1.37. The van der Waals surface area contributed by atoms with Crippen molar-refractivity contribution in [1.82, 2.24) is 5.32 Å². The van der Waals surface area contributed by atoms with E-state index in [-0.39, 0.29) is 5.60 Å². The van der Waals surface area contributed by atoms with Crippen LogP contribution in [0.4, 0.5) is 0 Å². The summed E-state index contributed by atoms with van der Waals surface area (Å²) < 4.78 is 5.38. The quantitative estimate of drug-likeness (QED) is 0.665. The molecule has 0 aliphatic rings. The van der Waals surface area contributed by atoms with Gasteiger partial charge in [-0.25, -0.2) is 0 Å². The second-order valence-electron chi connectivity index (χ2n) is 3.94. The summed E-state index contributed by atoms with van der Waals surface area (Å²) >= 11 is 0. The lowest BCUT2D eigenvalue weighted by Crippen LogP contribution is -2.35. The maximum absolute atomic E-state index is 5.38. The monoisotopic (exact) mass is 173 g/mol. The number of ether oxygens (including phenoxy) is 1. The molecule has 74 valence electrons. The SMILES string of the molecule is CCCC(CC(C)(C)OC)NC. The van der Waals surface area contributed by atoms with Crippen molar-refractivity contribution in [3.05, 3.63) is 0 Å². The molecule has 0 bridgehead atoms. The van der Waals surface area contributed by atoms with Crippen LogP contribution in [-0.4, -0.2) is 25.8 Å². The van der Waals surface area contributed by atoms with Crippen LogP contribution in [-0.2, 0) is 4.74 Å². The molecule has 0 heterocycles. The van der Waals surface area contributed by atoms with E-state index >= 15 is 0 Å². The number of hydrogen-bond donors (Lipinski definition) is 1. The highest BCUT2D eigenvalue weighted by molar-refractivity contribution is 4.76. The second-order valence-corrected chi connectivity index (χ2v) is 3.94. The fraction of sp³-hybridized carbons (Fsp3) is 1.00. The number of methoxy groups -OCH3 is 1. The van der Waals surface area contributed by atoms with Gasteiger partial charge in [0.25, 0.3) is 0 Å². The molecule has 0 rings (SSSR count). The van der Waals surface area contributed by atoms with Crippen molar-refractivity contribution in [1.29, 1.82) is 0 Å². The number of hydrogen-bond acceptors (Lipinski definition) is 2. The molecule has 1 atom stereocenters. The van der Waals surface area contributed by atoms with Gasteiger partial charge in [-0.15, -0.1) is 0 Å². The Balaban J connectivity index is 3.83. The smallest absolute Gasteiger partial charge is 0.0637 e. The average Bonchev–Trinajstić information content (AvgIpc) is 2.03. The highest BCUT2D eigenvalue weighted by atomic mass is 16.5. The van der Waals surface area contributed by atoms with Crippen molar-refractivity contribution < 1.29 is 4.74 Å². The Bertz CT molecular complexity index is 112. The Morgan fingerprint density at radius 1 is 1.42 bits per heavy atom. The Kier molecular flexibility index (Phi) is 5.51. The summed E-state index contributed by atoms with van der Waals surface area (Å²) in [6.07, 6.45) is 3.53. The molecule has 0 saturated heterocycles. The molecule has 1 N–H and O–H groups in total. The van der Waals surface area contributed by atoms with E-state index in [0.29, 0.717) is 6.04 Å². The summed E-state index contributed by atoms with van der Waals surface area (Å²) in [6.45, 7) is 6.48. The zero-order valence-corrected chi connectivity index (χ0v) is 9.11. The van der Waals surface area contributed by atoms with E-state index in [0.717, 1.165) is 6.42 Å². The van der Waals surface area contributed by atoms with E-state index in [1.807, 2.05) is 7.05 Å².